The van der Waals surface area contributed by atoms with Crippen molar-refractivity contribution in [2.24, 2.45) is 0 Å². The van der Waals surface area contributed by atoms with Gasteiger partial charge in [0.25, 0.3) is 0 Å². The fraction of sp³-hybridized carbons (Fsp3) is 0.0667. The van der Waals surface area contributed by atoms with Crippen molar-refractivity contribution in [2.45, 2.75) is 6.42 Å². The molecule has 1 amide bonds. The predicted octanol–water partition coefficient (Wildman–Crippen LogP) is 3.00. The summed E-state index contributed by atoms with van der Waals surface area (Å²) in [4.78, 5) is 16.3. The highest BCUT2D eigenvalue weighted by Gasteiger charge is 2.07. The van der Waals surface area contributed by atoms with E-state index in [1.54, 1.807) is 23.1 Å². The third-order valence-electron chi connectivity index (χ3n) is 2.95. The standard InChI is InChI=1S/C15H12ClN3O/c16-12-5-3-4-11(8-12)9-15(20)18-19-10-17-13-6-1-2-7-14(13)19/h1-8,10H,9H2,(H,18,20). The molecule has 5 heteroatoms. The van der Waals surface area contributed by atoms with Gasteiger partial charge in [-0.3, -0.25) is 10.2 Å². The lowest BCUT2D eigenvalue weighted by molar-refractivity contribution is -0.116. The number of nitrogens with zero attached hydrogens (tertiary/aromatic N) is 2. The van der Waals surface area contributed by atoms with Gasteiger partial charge in [-0.15, -0.1) is 0 Å². The minimum atomic E-state index is -0.115. The topological polar surface area (TPSA) is 46.9 Å². The van der Waals surface area contributed by atoms with Gasteiger partial charge in [-0.2, -0.15) is 0 Å². The molecule has 3 aromatic rings. The molecular weight excluding hydrogens is 274 g/mol. The SMILES string of the molecule is O=C(Cc1cccc(Cl)c1)Nn1cnc2ccccc21. The Morgan fingerprint density at radius 1 is 1.20 bits per heavy atom. The van der Waals surface area contributed by atoms with Gasteiger partial charge in [-0.1, -0.05) is 35.9 Å². The maximum atomic E-state index is 12.0. The van der Waals surface area contributed by atoms with Crippen molar-refractivity contribution in [2.75, 3.05) is 5.43 Å². The molecule has 0 aliphatic carbocycles. The number of carbonyl (C=O) groups is 1. The first-order valence-electron chi connectivity index (χ1n) is 6.19. The van der Waals surface area contributed by atoms with Crippen molar-refractivity contribution < 1.29 is 4.79 Å². The molecular formula is C15H12ClN3O. The number of imidazole rings is 1. The van der Waals surface area contributed by atoms with Crippen LogP contribution < -0.4 is 5.43 Å². The summed E-state index contributed by atoms with van der Waals surface area (Å²) in [5.74, 6) is -0.115. The van der Waals surface area contributed by atoms with E-state index in [0.717, 1.165) is 16.6 Å². The van der Waals surface area contributed by atoms with Gasteiger partial charge in [0.1, 0.15) is 6.33 Å². The van der Waals surface area contributed by atoms with Crippen LogP contribution in [0.4, 0.5) is 0 Å². The number of carbonyl (C=O) groups excluding carboxylic acids is 1. The Balaban J connectivity index is 1.76. The van der Waals surface area contributed by atoms with Crippen LogP contribution in [-0.2, 0) is 11.2 Å². The van der Waals surface area contributed by atoms with Gasteiger partial charge in [0, 0.05) is 5.02 Å². The highest BCUT2D eigenvalue weighted by atomic mass is 35.5. The lowest BCUT2D eigenvalue weighted by Gasteiger charge is -2.07. The summed E-state index contributed by atoms with van der Waals surface area (Å²) in [6, 6.07) is 14.9. The zero-order valence-electron chi connectivity index (χ0n) is 10.6. The summed E-state index contributed by atoms with van der Waals surface area (Å²) in [7, 11) is 0. The van der Waals surface area contributed by atoms with Crippen LogP contribution in [0.15, 0.2) is 54.9 Å². The Morgan fingerprint density at radius 2 is 2.05 bits per heavy atom. The molecule has 1 heterocycles. The molecule has 0 aliphatic rings. The normalized spacial score (nSPS) is 10.7. The van der Waals surface area contributed by atoms with E-state index in [4.69, 9.17) is 11.6 Å². The number of benzene rings is 2. The smallest absolute Gasteiger partial charge is 0.243 e. The Bertz CT molecular complexity index is 766. The van der Waals surface area contributed by atoms with Crippen LogP contribution in [0.2, 0.25) is 5.02 Å². The monoisotopic (exact) mass is 285 g/mol. The van der Waals surface area contributed by atoms with Gasteiger partial charge in [0.05, 0.1) is 17.5 Å². The number of nitrogens with one attached hydrogen (secondary N) is 1. The summed E-state index contributed by atoms with van der Waals surface area (Å²) >= 11 is 5.90. The number of aromatic nitrogens is 2. The van der Waals surface area contributed by atoms with Gasteiger partial charge < -0.3 is 0 Å². The van der Waals surface area contributed by atoms with E-state index in [9.17, 15) is 4.79 Å². The van der Waals surface area contributed by atoms with Crippen LogP contribution in [0, 0.1) is 0 Å². The minimum absolute atomic E-state index is 0.115. The molecule has 0 saturated carbocycles. The molecule has 20 heavy (non-hydrogen) atoms. The zero-order valence-corrected chi connectivity index (χ0v) is 11.3. The molecule has 3 rings (SSSR count). The number of hydrogen-bond acceptors (Lipinski definition) is 2. The van der Waals surface area contributed by atoms with Gasteiger partial charge in [-0.25, -0.2) is 9.66 Å². The summed E-state index contributed by atoms with van der Waals surface area (Å²) in [5, 5.41) is 0.628. The first kappa shape index (κ1) is 12.7. The van der Waals surface area contributed by atoms with Crippen molar-refractivity contribution in [3.63, 3.8) is 0 Å². The Morgan fingerprint density at radius 3 is 2.90 bits per heavy atom. The molecule has 1 aromatic heterocycles. The van der Waals surface area contributed by atoms with E-state index in [0.29, 0.717) is 5.02 Å². The number of fused-ring (bicyclic) bond motifs is 1. The molecule has 4 nitrogen and oxygen atoms in total. The molecule has 0 unspecified atom stereocenters. The first-order chi connectivity index (χ1) is 9.72. The van der Waals surface area contributed by atoms with E-state index in [2.05, 4.69) is 10.4 Å². The first-order valence-corrected chi connectivity index (χ1v) is 6.56. The second kappa shape index (κ2) is 5.35. The largest absolute Gasteiger partial charge is 0.273 e. The lowest BCUT2D eigenvalue weighted by Crippen LogP contribution is -2.23. The van der Waals surface area contributed by atoms with Crippen LogP contribution in [0.1, 0.15) is 5.56 Å². The Hall–Kier alpha value is -2.33. The highest BCUT2D eigenvalue weighted by Crippen LogP contribution is 2.12. The molecule has 0 radical (unpaired) electrons. The van der Waals surface area contributed by atoms with E-state index >= 15 is 0 Å². The third-order valence-corrected chi connectivity index (χ3v) is 3.19. The number of rotatable bonds is 3. The van der Waals surface area contributed by atoms with Gasteiger partial charge in [-0.05, 0) is 29.8 Å². The van der Waals surface area contributed by atoms with Gasteiger partial charge in [0.15, 0.2) is 0 Å². The van der Waals surface area contributed by atoms with Crippen molar-refractivity contribution in [1.82, 2.24) is 9.66 Å². The maximum Gasteiger partial charge on any atom is 0.243 e. The quantitative estimate of drug-likeness (QED) is 0.804. The van der Waals surface area contributed by atoms with Crippen molar-refractivity contribution >= 4 is 28.5 Å². The van der Waals surface area contributed by atoms with E-state index in [-0.39, 0.29) is 12.3 Å². The fourth-order valence-electron chi connectivity index (χ4n) is 2.05. The molecule has 0 spiro atoms. The number of amides is 1. The molecule has 2 aromatic carbocycles. The van der Waals surface area contributed by atoms with Crippen LogP contribution in [0.5, 0.6) is 0 Å². The van der Waals surface area contributed by atoms with E-state index in [1.807, 2.05) is 36.4 Å². The summed E-state index contributed by atoms with van der Waals surface area (Å²) in [5.41, 5.74) is 5.39. The summed E-state index contributed by atoms with van der Waals surface area (Å²) in [6.45, 7) is 0. The zero-order chi connectivity index (χ0) is 13.9. The second-order valence-corrected chi connectivity index (χ2v) is 4.88. The molecule has 0 saturated heterocycles. The van der Waals surface area contributed by atoms with Crippen molar-refractivity contribution in [1.29, 1.82) is 0 Å². The Labute approximate surface area is 121 Å². The lowest BCUT2D eigenvalue weighted by atomic mass is 10.1. The Kier molecular flexibility index (Phi) is 3.39. The molecule has 1 N–H and O–H groups in total. The minimum Gasteiger partial charge on any atom is -0.273 e. The average Bonchev–Trinajstić information content (AvgIpc) is 2.82. The summed E-state index contributed by atoms with van der Waals surface area (Å²) in [6.07, 6.45) is 1.87. The number of para-hydroxylation sites is 2. The number of halogens is 1. The van der Waals surface area contributed by atoms with Gasteiger partial charge >= 0.3 is 0 Å². The van der Waals surface area contributed by atoms with Gasteiger partial charge in [0.2, 0.25) is 5.91 Å². The van der Waals surface area contributed by atoms with E-state index in [1.165, 1.54) is 0 Å². The average molecular weight is 286 g/mol. The summed E-state index contributed by atoms with van der Waals surface area (Å²) < 4.78 is 1.63. The number of hydrogen-bond donors (Lipinski definition) is 1. The van der Waals surface area contributed by atoms with Crippen LogP contribution in [-0.4, -0.2) is 15.6 Å². The molecule has 0 bridgehead atoms. The molecule has 0 fully saturated rings. The van der Waals surface area contributed by atoms with Crippen molar-refractivity contribution in [3.8, 4) is 0 Å². The van der Waals surface area contributed by atoms with E-state index < -0.39 is 0 Å². The predicted molar refractivity (Wildman–Crippen MR) is 79.3 cm³/mol. The second-order valence-electron chi connectivity index (χ2n) is 4.44. The van der Waals surface area contributed by atoms with Crippen LogP contribution >= 0.6 is 11.6 Å². The molecule has 0 aliphatic heterocycles. The van der Waals surface area contributed by atoms with Crippen LogP contribution in [0.3, 0.4) is 0 Å². The highest BCUT2D eigenvalue weighted by molar-refractivity contribution is 6.30. The van der Waals surface area contributed by atoms with Crippen molar-refractivity contribution in [3.05, 3.63) is 65.4 Å². The fourth-order valence-corrected chi connectivity index (χ4v) is 2.27. The third kappa shape index (κ3) is 2.65. The molecule has 100 valence electrons. The molecule has 0 atom stereocenters. The van der Waals surface area contributed by atoms with Crippen LogP contribution in [0.25, 0.3) is 11.0 Å². The maximum absolute atomic E-state index is 12.0.